The zero-order valence-corrected chi connectivity index (χ0v) is 9.35. The van der Waals surface area contributed by atoms with E-state index in [-0.39, 0.29) is 35.6 Å². The Kier molecular flexibility index (Phi) is 2.85. The van der Waals surface area contributed by atoms with Gasteiger partial charge < -0.3 is 10.6 Å². The molecule has 0 spiro atoms. The Morgan fingerprint density at radius 3 is 2.53 bits per heavy atom. The molecule has 0 aromatic heterocycles. The molecule has 15 heavy (non-hydrogen) atoms. The summed E-state index contributed by atoms with van der Waals surface area (Å²) < 4.78 is 0. The quantitative estimate of drug-likeness (QED) is 0.425. The fraction of sp³-hybridized carbons (Fsp3) is 0.750. The van der Waals surface area contributed by atoms with E-state index in [1.165, 1.54) is 11.8 Å². The standard InChI is InChI=1S/C8H14N4O2S/c1-3-6(13)10-5-4(9-3)7(14)12-8(11-5)15-2/h3-5,8-9,11H,1-2H3,(H,10,13)(H,12,14). The van der Waals surface area contributed by atoms with E-state index in [0.717, 1.165) is 0 Å². The zero-order valence-electron chi connectivity index (χ0n) is 8.53. The normalized spacial score (nSPS) is 40.4. The average Bonchev–Trinajstić information content (AvgIpc) is 2.21. The summed E-state index contributed by atoms with van der Waals surface area (Å²) in [6.45, 7) is 1.74. The van der Waals surface area contributed by atoms with Gasteiger partial charge in [-0.2, -0.15) is 0 Å². The summed E-state index contributed by atoms with van der Waals surface area (Å²) in [6, 6.07) is -0.717. The maximum atomic E-state index is 11.7. The number of amides is 2. The van der Waals surface area contributed by atoms with Crippen molar-refractivity contribution in [3.63, 3.8) is 0 Å². The molecule has 2 aliphatic heterocycles. The number of nitrogens with one attached hydrogen (secondary N) is 4. The van der Waals surface area contributed by atoms with E-state index in [0.29, 0.717) is 0 Å². The summed E-state index contributed by atoms with van der Waals surface area (Å²) in [5.41, 5.74) is -0.144. The summed E-state index contributed by atoms with van der Waals surface area (Å²) >= 11 is 1.49. The summed E-state index contributed by atoms with van der Waals surface area (Å²) in [6.07, 6.45) is 1.57. The lowest BCUT2D eigenvalue weighted by molar-refractivity contribution is -0.133. The molecule has 0 saturated carbocycles. The van der Waals surface area contributed by atoms with Gasteiger partial charge in [0.2, 0.25) is 11.8 Å². The smallest absolute Gasteiger partial charge is 0.242 e. The van der Waals surface area contributed by atoms with Crippen LogP contribution in [0.3, 0.4) is 0 Å². The van der Waals surface area contributed by atoms with Crippen LogP contribution in [0.2, 0.25) is 0 Å². The average molecular weight is 230 g/mol. The number of thioether (sulfide) groups is 1. The van der Waals surface area contributed by atoms with Crippen LogP contribution in [0.1, 0.15) is 6.92 Å². The second kappa shape index (κ2) is 3.99. The molecule has 0 bridgehead atoms. The molecule has 0 aromatic rings. The minimum atomic E-state index is -0.388. The van der Waals surface area contributed by atoms with E-state index >= 15 is 0 Å². The minimum absolute atomic E-state index is 0.0787. The lowest BCUT2D eigenvalue weighted by Gasteiger charge is -2.41. The van der Waals surface area contributed by atoms with Crippen LogP contribution in [-0.4, -0.2) is 41.8 Å². The predicted octanol–water partition coefficient (Wildman–Crippen LogP) is -1.84. The van der Waals surface area contributed by atoms with Crippen LogP contribution < -0.4 is 21.3 Å². The van der Waals surface area contributed by atoms with Gasteiger partial charge in [0, 0.05) is 0 Å². The number of carbonyl (C=O) groups is 2. The Morgan fingerprint density at radius 2 is 1.87 bits per heavy atom. The van der Waals surface area contributed by atoms with Gasteiger partial charge in [-0.25, -0.2) is 0 Å². The van der Waals surface area contributed by atoms with Crippen molar-refractivity contribution in [1.29, 1.82) is 0 Å². The molecule has 0 aliphatic carbocycles. The zero-order chi connectivity index (χ0) is 11.0. The van der Waals surface area contributed by atoms with Crippen molar-refractivity contribution in [3.8, 4) is 0 Å². The first-order chi connectivity index (χ1) is 7.11. The van der Waals surface area contributed by atoms with Gasteiger partial charge in [-0.1, -0.05) is 0 Å². The first-order valence-corrected chi connectivity index (χ1v) is 6.06. The maximum Gasteiger partial charge on any atom is 0.242 e. The van der Waals surface area contributed by atoms with Crippen LogP contribution in [0.4, 0.5) is 0 Å². The van der Waals surface area contributed by atoms with Gasteiger partial charge in [0.1, 0.15) is 17.7 Å². The Bertz CT molecular complexity index is 298. The lowest BCUT2D eigenvalue weighted by atomic mass is 10.1. The Balaban J connectivity index is 2.10. The van der Waals surface area contributed by atoms with Gasteiger partial charge in [0.15, 0.2) is 0 Å². The summed E-state index contributed by atoms with van der Waals surface area (Å²) in [4.78, 5) is 23.1. The van der Waals surface area contributed by atoms with Crippen molar-refractivity contribution in [2.75, 3.05) is 6.26 Å². The summed E-state index contributed by atoms with van der Waals surface area (Å²) in [5, 5.41) is 11.7. The van der Waals surface area contributed by atoms with Gasteiger partial charge in [-0.05, 0) is 13.2 Å². The van der Waals surface area contributed by atoms with Crippen LogP contribution in [0, 0.1) is 0 Å². The third-order valence-corrected chi connectivity index (χ3v) is 3.30. The van der Waals surface area contributed by atoms with Gasteiger partial charge in [-0.15, -0.1) is 11.8 Å². The molecule has 4 N–H and O–H groups in total. The number of hydrogen-bond acceptors (Lipinski definition) is 5. The third-order valence-electron chi connectivity index (χ3n) is 2.58. The largest absolute Gasteiger partial charge is 0.337 e. The van der Waals surface area contributed by atoms with Crippen LogP contribution in [0.15, 0.2) is 0 Å². The molecular formula is C8H14N4O2S. The molecule has 2 heterocycles. The first kappa shape index (κ1) is 10.7. The van der Waals surface area contributed by atoms with Crippen molar-refractivity contribution in [2.45, 2.75) is 30.7 Å². The van der Waals surface area contributed by atoms with E-state index in [1.807, 2.05) is 6.26 Å². The van der Waals surface area contributed by atoms with Crippen LogP contribution in [0.5, 0.6) is 0 Å². The molecule has 2 rings (SSSR count). The first-order valence-electron chi connectivity index (χ1n) is 4.77. The highest BCUT2D eigenvalue weighted by Crippen LogP contribution is 2.11. The molecule has 0 aromatic carbocycles. The van der Waals surface area contributed by atoms with Gasteiger partial charge in [0.25, 0.3) is 0 Å². The number of hydrogen-bond donors (Lipinski definition) is 4. The highest BCUT2D eigenvalue weighted by molar-refractivity contribution is 7.99. The number of carbonyl (C=O) groups excluding carboxylic acids is 2. The fourth-order valence-corrected chi connectivity index (χ4v) is 2.24. The number of fused-ring (bicyclic) bond motifs is 1. The molecule has 2 saturated heterocycles. The molecule has 84 valence electrons. The molecule has 0 radical (unpaired) electrons. The molecule has 4 atom stereocenters. The van der Waals surface area contributed by atoms with Crippen LogP contribution in [0.25, 0.3) is 0 Å². The van der Waals surface area contributed by atoms with Crippen molar-refractivity contribution in [3.05, 3.63) is 0 Å². The van der Waals surface area contributed by atoms with E-state index in [2.05, 4.69) is 21.3 Å². The fourth-order valence-electron chi connectivity index (χ4n) is 1.72. The van der Waals surface area contributed by atoms with Gasteiger partial charge >= 0.3 is 0 Å². The number of piperazine rings is 1. The molecule has 4 unspecified atom stereocenters. The summed E-state index contributed by atoms with van der Waals surface area (Å²) in [7, 11) is 0. The molecule has 6 nitrogen and oxygen atoms in total. The van der Waals surface area contributed by atoms with E-state index < -0.39 is 0 Å². The topological polar surface area (TPSA) is 82.3 Å². The van der Waals surface area contributed by atoms with E-state index in [1.54, 1.807) is 6.92 Å². The minimum Gasteiger partial charge on any atom is -0.337 e. The summed E-state index contributed by atoms with van der Waals surface area (Å²) in [5.74, 6) is -0.164. The molecule has 2 fully saturated rings. The maximum absolute atomic E-state index is 11.7. The molecular weight excluding hydrogens is 216 g/mol. The van der Waals surface area contributed by atoms with E-state index in [9.17, 15) is 9.59 Å². The number of rotatable bonds is 1. The SMILES string of the molecule is CSC1NC(=O)C2NC(C)C(=O)NC2N1. The van der Waals surface area contributed by atoms with Crippen molar-refractivity contribution >= 4 is 23.6 Å². The lowest BCUT2D eigenvalue weighted by Crippen LogP contribution is -2.77. The van der Waals surface area contributed by atoms with Crippen molar-refractivity contribution in [1.82, 2.24) is 21.3 Å². The Morgan fingerprint density at radius 1 is 1.13 bits per heavy atom. The van der Waals surface area contributed by atoms with Crippen LogP contribution >= 0.6 is 11.8 Å². The predicted molar refractivity (Wildman–Crippen MR) is 56.9 cm³/mol. The van der Waals surface area contributed by atoms with E-state index in [4.69, 9.17) is 0 Å². The van der Waals surface area contributed by atoms with Gasteiger partial charge in [0.05, 0.1) is 6.04 Å². The van der Waals surface area contributed by atoms with Gasteiger partial charge in [-0.3, -0.25) is 20.2 Å². The highest BCUT2D eigenvalue weighted by atomic mass is 32.2. The molecule has 2 amide bonds. The molecule has 7 heteroatoms. The second-order valence-corrected chi connectivity index (χ2v) is 4.59. The van der Waals surface area contributed by atoms with Crippen molar-refractivity contribution in [2.24, 2.45) is 0 Å². The Labute approximate surface area is 91.9 Å². The third kappa shape index (κ3) is 1.95. The molecule has 2 aliphatic rings. The monoisotopic (exact) mass is 230 g/mol. The second-order valence-electron chi connectivity index (χ2n) is 3.64. The Hall–Kier alpha value is -0.790. The van der Waals surface area contributed by atoms with Crippen LogP contribution in [-0.2, 0) is 9.59 Å². The van der Waals surface area contributed by atoms with Crippen molar-refractivity contribution < 1.29 is 9.59 Å². The highest BCUT2D eigenvalue weighted by Gasteiger charge is 2.41.